The smallest absolute Gasteiger partial charge is 0.336 e. The second kappa shape index (κ2) is 9.39. The Kier molecular flexibility index (Phi) is 6.40. The lowest BCUT2D eigenvalue weighted by Crippen LogP contribution is -2.34. The molecule has 5 nitrogen and oxygen atoms in total. The Bertz CT molecular complexity index is 1080. The molecule has 4 rings (SSSR count). The minimum Gasteiger partial charge on any atom is -0.489 e. The second-order valence-electron chi connectivity index (χ2n) is 7.97. The highest BCUT2D eigenvalue weighted by Gasteiger charge is 2.38. The summed E-state index contributed by atoms with van der Waals surface area (Å²) in [6, 6.07) is 13.6. The predicted octanol–water partition coefficient (Wildman–Crippen LogP) is 4.94. The van der Waals surface area contributed by atoms with E-state index >= 15 is 0 Å². The molecule has 1 N–H and O–H groups in total. The summed E-state index contributed by atoms with van der Waals surface area (Å²) in [7, 11) is 0. The fourth-order valence-corrected chi connectivity index (χ4v) is 4.30. The minimum absolute atomic E-state index is 0.0645. The van der Waals surface area contributed by atoms with Gasteiger partial charge in [-0.2, -0.15) is 0 Å². The molecule has 0 aromatic heterocycles. The normalized spacial score (nSPS) is 18.2. The van der Waals surface area contributed by atoms with E-state index in [1.54, 1.807) is 19.1 Å². The molecule has 0 unspecified atom stereocenters. The Morgan fingerprint density at radius 1 is 1.09 bits per heavy atom. The van der Waals surface area contributed by atoms with Crippen molar-refractivity contribution >= 4 is 11.8 Å². The van der Waals surface area contributed by atoms with Gasteiger partial charge >= 0.3 is 5.97 Å². The van der Waals surface area contributed by atoms with E-state index in [0.29, 0.717) is 29.9 Å². The number of allylic oxidation sites excluding steroid dienone is 3. The Hall–Kier alpha value is -3.41. The third-order valence-electron chi connectivity index (χ3n) is 5.80. The van der Waals surface area contributed by atoms with Crippen LogP contribution in [-0.2, 0) is 20.9 Å². The van der Waals surface area contributed by atoms with E-state index in [4.69, 9.17) is 9.47 Å². The number of halogens is 1. The van der Waals surface area contributed by atoms with Crippen molar-refractivity contribution in [2.45, 2.75) is 45.6 Å². The fourth-order valence-electron chi connectivity index (χ4n) is 4.30. The molecule has 0 bridgehead atoms. The van der Waals surface area contributed by atoms with Crippen molar-refractivity contribution in [3.05, 3.63) is 88.0 Å². The standard InChI is InChI=1S/C26H26FNO4/c1-3-31-26(30)23-16(2)28-21-5-4-6-22(29)25(21)24(23)18-9-13-20(14-10-18)32-15-17-7-11-19(27)12-8-17/h7-14,24,28H,3-6,15H2,1-2H3/t24-/m0/s1. The number of dihydropyridines is 1. The molecule has 0 spiro atoms. The number of ether oxygens (including phenoxy) is 2. The molecule has 1 atom stereocenters. The van der Waals surface area contributed by atoms with Gasteiger partial charge in [-0.05, 0) is 62.1 Å². The van der Waals surface area contributed by atoms with E-state index in [2.05, 4.69) is 5.32 Å². The summed E-state index contributed by atoms with van der Waals surface area (Å²) >= 11 is 0. The van der Waals surface area contributed by atoms with Crippen molar-refractivity contribution in [3.63, 3.8) is 0 Å². The molecular formula is C26H26FNO4. The third kappa shape index (κ3) is 4.44. The summed E-state index contributed by atoms with van der Waals surface area (Å²) in [5, 5.41) is 3.28. The Morgan fingerprint density at radius 2 is 1.81 bits per heavy atom. The van der Waals surface area contributed by atoms with Crippen LogP contribution >= 0.6 is 0 Å². The zero-order chi connectivity index (χ0) is 22.7. The van der Waals surface area contributed by atoms with Crippen LogP contribution < -0.4 is 10.1 Å². The molecule has 1 aliphatic heterocycles. The van der Waals surface area contributed by atoms with Crippen LogP contribution in [0.1, 0.15) is 50.2 Å². The van der Waals surface area contributed by atoms with Crippen LogP contribution in [0.25, 0.3) is 0 Å². The van der Waals surface area contributed by atoms with Gasteiger partial charge in [0.2, 0.25) is 0 Å². The molecule has 1 heterocycles. The topological polar surface area (TPSA) is 64.6 Å². The number of ketones is 1. The highest BCUT2D eigenvalue weighted by Crippen LogP contribution is 2.42. The number of Topliss-reactive ketones (excluding diaryl/α,β-unsaturated/α-hetero) is 1. The van der Waals surface area contributed by atoms with Crippen LogP contribution in [0, 0.1) is 5.82 Å². The number of carbonyl (C=O) groups excluding carboxylic acids is 2. The van der Waals surface area contributed by atoms with Crippen molar-refractivity contribution in [2.75, 3.05) is 6.61 Å². The van der Waals surface area contributed by atoms with Crippen LogP contribution in [-0.4, -0.2) is 18.4 Å². The van der Waals surface area contributed by atoms with Crippen molar-refractivity contribution in [3.8, 4) is 5.75 Å². The van der Waals surface area contributed by atoms with Gasteiger partial charge in [-0.15, -0.1) is 0 Å². The zero-order valence-electron chi connectivity index (χ0n) is 18.2. The number of rotatable bonds is 6. The monoisotopic (exact) mass is 435 g/mol. The average Bonchev–Trinajstić information content (AvgIpc) is 2.78. The van der Waals surface area contributed by atoms with Gasteiger partial charge in [0, 0.05) is 29.3 Å². The van der Waals surface area contributed by atoms with Crippen molar-refractivity contribution in [1.29, 1.82) is 0 Å². The number of benzene rings is 2. The maximum absolute atomic E-state index is 13.1. The molecule has 166 valence electrons. The predicted molar refractivity (Wildman–Crippen MR) is 118 cm³/mol. The first kappa shape index (κ1) is 21.8. The molecule has 2 aliphatic rings. The first-order valence-electron chi connectivity index (χ1n) is 10.9. The lowest BCUT2D eigenvalue weighted by Gasteiger charge is -2.34. The number of hydrogen-bond acceptors (Lipinski definition) is 5. The van der Waals surface area contributed by atoms with Crippen LogP contribution in [0.15, 0.2) is 71.1 Å². The van der Waals surface area contributed by atoms with Gasteiger partial charge in [-0.1, -0.05) is 24.3 Å². The molecule has 6 heteroatoms. The van der Waals surface area contributed by atoms with E-state index in [0.717, 1.165) is 35.4 Å². The number of esters is 1. The lowest BCUT2D eigenvalue weighted by atomic mass is 9.75. The van der Waals surface area contributed by atoms with Crippen molar-refractivity contribution < 1.29 is 23.5 Å². The van der Waals surface area contributed by atoms with Gasteiger partial charge in [0.1, 0.15) is 18.2 Å². The third-order valence-corrected chi connectivity index (χ3v) is 5.80. The molecule has 1 aliphatic carbocycles. The molecule has 0 saturated carbocycles. The van der Waals surface area contributed by atoms with Crippen LogP contribution in [0.5, 0.6) is 5.75 Å². The summed E-state index contributed by atoms with van der Waals surface area (Å²) in [4.78, 5) is 25.7. The molecule has 0 amide bonds. The highest BCUT2D eigenvalue weighted by atomic mass is 19.1. The molecule has 2 aromatic carbocycles. The average molecular weight is 435 g/mol. The van der Waals surface area contributed by atoms with Crippen LogP contribution in [0.3, 0.4) is 0 Å². The fraction of sp³-hybridized carbons (Fsp3) is 0.308. The maximum Gasteiger partial charge on any atom is 0.336 e. The summed E-state index contributed by atoms with van der Waals surface area (Å²) in [5.74, 6) is -0.454. The van der Waals surface area contributed by atoms with E-state index < -0.39 is 11.9 Å². The maximum atomic E-state index is 13.1. The van der Waals surface area contributed by atoms with Gasteiger partial charge in [0.15, 0.2) is 5.78 Å². The molecule has 2 aromatic rings. The van der Waals surface area contributed by atoms with Gasteiger partial charge in [-0.25, -0.2) is 9.18 Å². The quantitative estimate of drug-likeness (QED) is 0.652. The number of nitrogens with one attached hydrogen (secondary N) is 1. The SMILES string of the molecule is CCOC(=O)C1=C(C)NC2=C(C(=O)CCC2)[C@H]1c1ccc(OCc2ccc(F)cc2)cc1. The Morgan fingerprint density at radius 3 is 2.50 bits per heavy atom. The van der Waals surface area contributed by atoms with Crippen molar-refractivity contribution in [2.24, 2.45) is 0 Å². The molecular weight excluding hydrogens is 409 g/mol. The van der Waals surface area contributed by atoms with Crippen LogP contribution in [0.4, 0.5) is 4.39 Å². The summed E-state index contributed by atoms with van der Waals surface area (Å²) < 4.78 is 24.2. The lowest BCUT2D eigenvalue weighted by molar-refractivity contribution is -0.138. The largest absolute Gasteiger partial charge is 0.489 e. The van der Waals surface area contributed by atoms with Gasteiger partial charge < -0.3 is 14.8 Å². The van der Waals surface area contributed by atoms with E-state index in [1.165, 1.54) is 12.1 Å². The zero-order valence-corrected chi connectivity index (χ0v) is 18.2. The highest BCUT2D eigenvalue weighted by molar-refractivity contribution is 6.03. The molecule has 0 saturated heterocycles. The summed E-state index contributed by atoms with van der Waals surface area (Å²) in [6.07, 6.45) is 2.06. The Balaban J connectivity index is 1.62. The van der Waals surface area contributed by atoms with E-state index in [9.17, 15) is 14.0 Å². The van der Waals surface area contributed by atoms with Crippen molar-refractivity contribution in [1.82, 2.24) is 5.32 Å². The molecule has 0 fully saturated rings. The van der Waals surface area contributed by atoms with E-state index in [-0.39, 0.29) is 18.2 Å². The van der Waals surface area contributed by atoms with E-state index in [1.807, 2.05) is 31.2 Å². The summed E-state index contributed by atoms with van der Waals surface area (Å²) in [6.45, 7) is 4.19. The number of carbonyl (C=O) groups is 2. The van der Waals surface area contributed by atoms with Gasteiger partial charge in [0.05, 0.1) is 12.2 Å². The summed E-state index contributed by atoms with van der Waals surface area (Å²) in [5.41, 5.74) is 4.45. The first-order valence-corrected chi connectivity index (χ1v) is 10.9. The molecule has 32 heavy (non-hydrogen) atoms. The minimum atomic E-state index is -0.468. The van der Waals surface area contributed by atoms with Crippen LogP contribution in [0.2, 0.25) is 0 Å². The second-order valence-corrected chi connectivity index (χ2v) is 7.97. The Labute approximate surface area is 186 Å². The van der Waals surface area contributed by atoms with Gasteiger partial charge in [-0.3, -0.25) is 4.79 Å². The first-order chi connectivity index (χ1) is 15.5. The number of hydrogen-bond donors (Lipinski definition) is 1. The van der Waals surface area contributed by atoms with Gasteiger partial charge in [0.25, 0.3) is 0 Å². The molecule has 0 radical (unpaired) electrons.